The highest BCUT2D eigenvalue weighted by molar-refractivity contribution is 7.16. The molecule has 3 aromatic rings. The first-order chi connectivity index (χ1) is 10.6. The highest BCUT2D eigenvalue weighted by atomic mass is 32.1. The Labute approximate surface area is 130 Å². The SMILES string of the molecule is Cc1nn(CC(=O)N2CCCC2)c(=O)c2cc3ccsc3n12. The molecule has 3 aromatic heterocycles. The summed E-state index contributed by atoms with van der Waals surface area (Å²) in [5.41, 5.74) is 0.380. The first-order valence-corrected chi connectivity index (χ1v) is 8.27. The number of aryl methyl sites for hydroxylation is 1. The van der Waals surface area contributed by atoms with E-state index in [4.69, 9.17) is 0 Å². The third kappa shape index (κ3) is 1.96. The summed E-state index contributed by atoms with van der Waals surface area (Å²) >= 11 is 1.59. The monoisotopic (exact) mass is 316 g/mol. The molecule has 1 fully saturated rings. The van der Waals surface area contributed by atoms with Crippen molar-refractivity contribution >= 4 is 33.0 Å². The van der Waals surface area contributed by atoms with E-state index < -0.39 is 0 Å². The predicted molar refractivity (Wildman–Crippen MR) is 85.4 cm³/mol. The Morgan fingerprint density at radius 3 is 2.91 bits per heavy atom. The molecule has 0 saturated carbocycles. The second-order valence-corrected chi connectivity index (χ2v) is 6.54. The molecule has 0 bridgehead atoms. The summed E-state index contributed by atoms with van der Waals surface area (Å²) in [5, 5.41) is 7.38. The van der Waals surface area contributed by atoms with Crippen LogP contribution < -0.4 is 5.56 Å². The second kappa shape index (κ2) is 4.95. The van der Waals surface area contributed by atoms with Crippen LogP contribution in [0.25, 0.3) is 15.7 Å². The molecule has 0 radical (unpaired) electrons. The maximum absolute atomic E-state index is 12.6. The van der Waals surface area contributed by atoms with Gasteiger partial charge in [-0.05, 0) is 37.3 Å². The Bertz CT molecular complexity index is 930. The van der Waals surface area contributed by atoms with Gasteiger partial charge < -0.3 is 4.90 Å². The molecule has 0 atom stereocenters. The Balaban J connectivity index is 1.79. The largest absolute Gasteiger partial charge is 0.341 e. The molecule has 0 N–H and O–H groups in total. The van der Waals surface area contributed by atoms with Gasteiger partial charge in [-0.15, -0.1) is 11.3 Å². The van der Waals surface area contributed by atoms with Crippen molar-refractivity contribution in [3.63, 3.8) is 0 Å². The van der Waals surface area contributed by atoms with Gasteiger partial charge >= 0.3 is 0 Å². The third-order valence-electron chi connectivity index (χ3n) is 4.20. The summed E-state index contributed by atoms with van der Waals surface area (Å²) in [6.45, 7) is 3.46. The van der Waals surface area contributed by atoms with E-state index >= 15 is 0 Å². The van der Waals surface area contributed by atoms with E-state index in [1.54, 1.807) is 11.3 Å². The van der Waals surface area contributed by atoms with Gasteiger partial charge in [-0.3, -0.25) is 14.0 Å². The Kier molecular flexibility index (Phi) is 3.04. The topological polar surface area (TPSA) is 59.6 Å². The van der Waals surface area contributed by atoms with Gasteiger partial charge in [0.25, 0.3) is 5.56 Å². The number of aromatic nitrogens is 3. The number of likely N-dealkylation sites (tertiary alicyclic amines) is 1. The van der Waals surface area contributed by atoms with Crippen molar-refractivity contribution in [3.8, 4) is 0 Å². The molecule has 4 heterocycles. The molecule has 114 valence electrons. The van der Waals surface area contributed by atoms with Gasteiger partial charge in [-0.25, -0.2) is 4.68 Å². The maximum Gasteiger partial charge on any atom is 0.291 e. The highest BCUT2D eigenvalue weighted by Gasteiger charge is 2.20. The van der Waals surface area contributed by atoms with Crippen LogP contribution >= 0.6 is 11.3 Å². The molecule has 7 heteroatoms. The van der Waals surface area contributed by atoms with Crippen molar-refractivity contribution < 1.29 is 4.79 Å². The number of fused-ring (bicyclic) bond motifs is 3. The van der Waals surface area contributed by atoms with Gasteiger partial charge in [0.05, 0.1) is 0 Å². The molecular weight excluding hydrogens is 300 g/mol. The highest BCUT2D eigenvalue weighted by Crippen LogP contribution is 2.24. The van der Waals surface area contributed by atoms with Gasteiger partial charge in [0.2, 0.25) is 5.91 Å². The molecule has 6 nitrogen and oxygen atoms in total. The van der Waals surface area contributed by atoms with E-state index in [0.29, 0.717) is 5.52 Å². The molecule has 0 aromatic carbocycles. The molecule has 1 aliphatic heterocycles. The number of rotatable bonds is 2. The maximum atomic E-state index is 12.6. The van der Waals surface area contributed by atoms with Crippen LogP contribution in [0.1, 0.15) is 18.7 Å². The lowest BCUT2D eigenvalue weighted by Gasteiger charge is -2.16. The first kappa shape index (κ1) is 13.5. The van der Waals surface area contributed by atoms with Crippen molar-refractivity contribution in [1.82, 2.24) is 19.1 Å². The first-order valence-electron chi connectivity index (χ1n) is 7.39. The van der Waals surface area contributed by atoms with Crippen LogP contribution in [0.5, 0.6) is 0 Å². The Morgan fingerprint density at radius 2 is 2.14 bits per heavy atom. The van der Waals surface area contributed by atoms with Gasteiger partial charge in [-0.1, -0.05) is 0 Å². The average Bonchev–Trinajstić information content (AvgIpc) is 3.19. The number of carbonyl (C=O) groups is 1. The number of hydrogen-bond donors (Lipinski definition) is 0. The van der Waals surface area contributed by atoms with Crippen molar-refractivity contribution in [2.24, 2.45) is 0 Å². The van der Waals surface area contributed by atoms with E-state index in [-0.39, 0.29) is 18.0 Å². The lowest BCUT2D eigenvalue weighted by atomic mass is 10.4. The van der Waals surface area contributed by atoms with Crippen molar-refractivity contribution in [3.05, 3.63) is 33.7 Å². The summed E-state index contributed by atoms with van der Waals surface area (Å²) in [4.78, 5) is 27.7. The minimum atomic E-state index is -0.207. The van der Waals surface area contributed by atoms with Crippen molar-refractivity contribution in [2.45, 2.75) is 26.3 Å². The number of amides is 1. The second-order valence-electron chi connectivity index (χ2n) is 5.64. The molecule has 0 unspecified atom stereocenters. The fourth-order valence-corrected chi connectivity index (χ4v) is 4.04. The van der Waals surface area contributed by atoms with Crippen molar-refractivity contribution in [2.75, 3.05) is 13.1 Å². The lowest BCUT2D eigenvalue weighted by molar-refractivity contribution is -0.131. The summed E-state index contributed by atoms with van der Waals surface area (Å²) in [7, 11) is 0. The third-order valence-corrected chi connectivity index (χ3v) is 5.11. The number of nitrogens with zero attached hydrogens (tertiary/aromatic N) is 4. The van der Waals surface area contributed by atoms with E-state index in [1.165, 1.54) is 4.68 Å². The van der Waals surface area contributed by atoms with Crippen LogP contribution in [0, 0.1) is 6.92 Å². The van der Waals surface area contributed by atoms with E-state index in [9.17, 15) is 9.59 Å². The van der Waals surface area contributed by atoms with Crippen LogP contribution in [-0.4, -0.2) is 38.1 Å². The average molecular weight is 316 g/mol. The van der Waals surface area contributed by atoms with E-state index in [0.717, 1.165) is 42.0 Å². The Morgan fingerprint density at radius 1 is 1.36 bits per heavy atom. The number of hydrogen-bond acceptors (Lipinski definition) is 4. The van der Waals surface area contributed by atoms with Crippen LogP contribution in [0.2, 0.25) is 0 Å². The normalized spacial score (nSPS) is 15.2. The molecular formula is C15H16N4O2S. The summed E-state index contributed by atoms with van der Waals surface area (Å²) in [5.74, 6) is 0.700. The smallest absolute Gasteiger partial charge is 0.291 e. The zero-order valence-corrected chi connectivity index (χ0v) is 13.1. The Hall–Kier alpha value is -2.15. The quantitative estimate of drug-likeness (QED) is 0.722. The van der Waals surface area contributed by atoms with Crippen LogP contribution in [0.4, 0.5) is 0 Å². The van der Waals surface area contributed by atoms with Gasteiger partial charge in [0.1, 0.15) is 22.7 Å². The van der Waals surface area contributed by atoms with Gasteiger partial charge in [0, 0.05) is 18.5 Å². The molecule has 0 spiro atoms. The molecule has 22 heavy (non-hydrogen) atoms. The van der Waals surface area contributed by atoms with Gasteiger partial charge in [-0.2, -0.15) is 5.10 Å². The fraction of sp³-hybridized carbons (Fsp3) is 0.400. The minimum Gasteiger partial charge on any atom is -0.341 e. The summed E-state index contributed by atoms with van der Waals surface area (Å²) in [6, 6.07) is 3.87. The molecule has 1 aliphatic rings. The lowest BCUT2D eigenvalue weighted by Crippen LogP contribution is -2.36. The van der Waals surface area contributed by atoms with Gasteiger partial charge in [0.15, 0.2) is 0 Å². The fourth-order valence-electron chi connectivity index (χ4n) is 3.10. The predicted octanol–water partition coefficient (Wildman–Crippen LogP) is 1.64. The van der Waals surface area contributed by atoms with E-state index in [1.807, 2.05) is 33.7 Å². The minimum absolute atomic E-state index is 0.0228. The van der Waals surface area contributed by atoms with Crippen molar-refractivity contribution in [1.29, 1.82) is 0 Å². The standard InChI is InChI=1S/C15H16N4O2S/c1-10-16-18(9-13(20)17-5-2-3-6-17)14(21)12-8-11-4-7-22-15(11)19(10)12/h4,7-8H,2-3,5-6,9H2,1H3. The zero-order chi connectivity index (χ0) is 15.3. The molecule has 0 aliphatic carbocycles. The van der Waals surface area contributed by atoms with Crippen LogP contribution in [0.15, 0.2) is 22.3 Å². The molecule has 1 amide bonds. The summed E-state index contributed by atoms with van der Waals surface area (Å²) in [6.07, 6.45) is 2.09. The number of carbonyl (C=O) groups excluding carboxylic acids is 1. The number of thiophene rings is 1. The molecule has 4 rings (SSSR count). The zero-order valence-electron chi connectivity index (χ0n) is 12.3. The summed E-state index contributed by atoms with van der Waals surface area (Å²) < 4.78 is 3.17. The van der Waals surface area contributed by atoms with Crippen LogP contribution in [0.3, 0.4) is 0 Å². The van der Waals surface area contributed by atoms with E-state index in [2.05, 4.69) is 5.10 Å². The van der Waals surface area contributed by atoms with Crippen LogP contribution in [-0.2, 0) is 11.3 Å². The molecule has 1 saturated heterocycles.